The molecule has 25 heavy (non-hydrogen) atoms. The normalized spacial score (nSPS) is 10.7. The van der Waals surface area contributed by atoms with Gasteiger partial charge in [0.1, 0.15) is 11.6 Å². The van der Waals surface area contributed by atoms with Gasteiger partial charge >= 0.3 is 0 Å². The molecule has 0 aliphatic heterocycles. The summed E-state index contributed by atoms with van der Waals surface area (Å²) in [5.41, 5.74) is 0.649. The second-order valence-corrected chi connectivity index (χ2v) is 5.63. The lowest BCUT2D eigenvalue weighted by molar-refractivity contribution is -0.116. The van der Waals surface area contributed by atoms with Crippen molar-refractivity contribution in [2.24, 2.45) is 0 Å². The Morgan fingerprint density at radius 1 is 1.16 bits per heavy atom. The summed E-state index contributed by atoms with van der Waals surface area (Å²) in [6, 6.07) is 9.84. The van der Waals surface area contributed by atoms with Crippen LogP contribution in [0, 0.1) is 11.6 Å². The number of amides is 1. The van der Waals surface area contributed by atoms with Gasteiger partial charge in [-0.15, -0.1) is 0 Å². The summed E-state index contributed by atoms with van der Waals surface area (Å²) in [5, 5.41) is 6.80. The Kier molecular flexibility index (Phi) is 5.04. The molecule has 0 aliphatic rings. The Morgan fingerprint density at radius 2 is 1.92 bits per heavy atom. The third-order valence-electron chi connectivity index (χ3n) is 3.34. The van der Waals surface area contributed by atoms with Crippen LogP contribution < -0.4 is 5.32 Å². The smallest absolute Gasteiger partial charge is 0.227 e. The first-order chi connectivity index (χ1) is 12.0. The Balaban J connectivity index is 1.58. The molecule has 0 bridgehead atoms. The number of hydrogen-bond donors (Lipinski definition) is 1. The van der Waals surface area contributed by atoms with Crippen molar-refractivity contribution in [3.05, 3.63) is 65.0 Å². The number of benzene rings is 2. The van der Waals surface area contributed by atoms with Gasteiger partial charge in [0.15, 0.2) is 0 Å². The molecule has 1 heterocycles. The SMILES string of the molecule is O=C(CCc1nc(-c2ccc(Cl)cc2)no1)Nc1ccc(F)cc1F. The van der Waals surface area contributed by atoms with E-state index in [0.717, 1.165) is 17.7 Å². The molecular weight excluding hydrogens is 352 g/mol. The van der Waals surface area contributed by atoms with Gasteiger partial charge in [-0.05, 0) is 36.4 Å². The minimum atomic E-state index is -0.837. The minimum absolute atomic E-state index is 0.0130. The molecule has 0 atom stereocenters. The standard InChI is InChI=1S/C17H12ClF2N3O2/c18-11-3-1-10(2-4-11)17-22-16(25-23-17)8-7-15(24)21-14-6-5-12(19)9-13(14)20/h1-6,9H,7-8H2,(H,21,24). The van der Waals surface area contributed by atoms with Gasteiger partial charge in [0, 0.05) is 29.5 Å². The Morgan fingerprint density at radius 3 is 2.64 bits per heavy atom. The molecule has 0 fully saturated rings. The van der Waals surface area contributed by atoms with Crippen LogP contribution in [0.5, 0.6) is 0 Å². The van der Waals surface area contributed by atoms with E-state index in [1.54, 1.807) is 24.3 Å². The zero-order chi connectivity index (χ0) is 17.8. The molecule has 0 unspecified atom stereocenters. The number of anilines is 1. The van der Waals surface area contributed by atoms with Crippen molar-refractivity contribution in [1.29, 1.82) is 0 Å². The first kappa shape index (κ1) is 17.0. The van der Waals surface area contributed by atoms with Gasteiger partial charge in [-0.3, -0.25) is 4.79 Å². The van der Waals surface area contributed by atoms with Crippen LogP contribution >= 0.6 is 11.6 Å². The van der Waals surface area contributed by atoms with Crippen molar-refractivity contribution >= 4 is 23.2 Å². The summed E-state index contributed by atoms with van der Waals surface area (Å²) in [6.07, 6.45) is 0.203. The Hall–Kier alpha value is -2.80. The summed E-state index contributed by atoms with van der Waals surface area (Å²) in [6.45, 7) is 0. The van der Waals surface area contributed by atoms with Gasteiger partial charge in [0.25, 0.3) is 0 Å². The minimum Gasteiger partial charge on any atom is -0.339 e. The second-order valence-electron chi connectivity index (χ2n) is 5.19. The Bertz CT molecular complexity index is 897. The lowest BCUT2D eigenvalue weighted by Crippen LogP contribution is -2.13. The van der Waals surface area contributed by atoms with Gasteiger partial charge in [-0.1, -0.05) is 16.8 Å². The number of nitrogens with one attached hydrogen (secondary N) is 1. The fourth-order valence-electron chi connectivity index (χ4n) is 2.10. The summed E-state index contributed by atoms with van der Waals surface area (Å²) >= 11 is 5.82. The summed E-state index contributed by atoms with van der Waals surface area (Å²) in [4.78, 5) is 16.1. The van der Waals surface area contributed by atoms with Crippen LogP contribution in [0.4, 0.5) is 14.5 Å². The van der Waals surface area contributed by atoms with E-state index in [2.05, 4.69) is 15.5 Å². The number of halogens is 3. The number of hydrogen-bond acceptors (Lipinski definition) is 4. The molecule has 0 saturated carbocycles. The van der Waals surface area contributed by atoms with Crippen LogP contribution in [0.2, 0.25) is 5.02 Å². The van der Waals surface area contributed by atoms with Gasteiger partial charge in [-0.2, -0.15) is 4.98 Å². The van der Waals surface area contributed by atoms with E-state index in [-0.39, 0.29) is 24.4 Å². The van der Waals surface area contributed by atoms with Gasteiger partial charge in [0.2, 0.25) is 17.6 Å². The van der Waals surface area contributed by atoms with E-state index in [9.17, 15) is 13.6 Å². The van der Waals surface area contributed by atoms with Gasteiger partial charge < -0.3 is 9.84 Å². The highest BCUT2D eigenvalue weighted by atomic mass is 35.5. The Labute approximate surface area is 146 Å². The van der Waals surface area contributed by atoms with Crippen LogP contribution in [0.25, 0.3) is 11.4 Å². The van der Waals surface area contributed by atoms with Gasteiger partial charge in [-0.25, -0.2) is 8.78 Å². The molecule has 0 aliphatic carbocycles. The predicted molar refractivity (Wildman–Crippen MR) is 88.1 cm³/mol. The monoisotopic (exact) mass is 363 g/mol. The molecule has 1 N–H and O–H groups in total. The molecule has 0 radical (unpaired) electrons. The van der Waals surface area contributed by atoms with E-state index in [4.69, 9.17) is 16.1 Å². The molecule has 0 saturated heterocycles. The predicted octanol–water partition coefficient (Wildman–Crippen LogP) is 4.24. The van der Waals surface area contributed by atoms with Gasteiger partial charge in [0.05, 0.1) is 5.69 Å². The van der Waals surface area contributed by atoms with Crippen molar-refractivity contribution in [2.75, 3.05) is 5.32 Å². The number of carbonyl (C=O) groups is 1. The maximum atomic E-state index is 13.5. The largest absolute Gasteiger partial charge is 0.339 e. The topological polar surface area (TPSA) is 68.0 Å². The second kappa shape index (κ2) is 7.40. The maximum absolute atomic E-state index is 13.5. The lowest BCUT2D eigenvalue weighted by Gasteiger charge is -2.05. The van der Waals surface area contributed by atoms with Crippen molar-refractivity contribution in [2.45, 2.75) is 12.8 Å². The molecule has 3 aromatic rings. The number of nitrogens with zero attached hydrogens (tertiary/aromatic N) is 2. The van der Waals surface area contributed by atoms with E-state index < -0.39 is 17.5 Å². The number of rotatable bonds is 5. The third kappa shape index (κ3) is 4.39. The number of carbonyl (C=O) groups excluding carboxylic acids is 1. The van der Waals surface area contributed by atoms with E-state index >= 15 is 0 Å². The number of aryl methyl sites for hydroxylation is 1. The molecule has 1 aromatic heterocycles. The average molecular weight is 364 g/mol. The highest BCUT2D eigenvalue weighted by Crippen LogP contribution is 2.19. The first-order valence-electron chi connectivity index (χ1n) is 7.35. The summed E-state index contributed by atoms with van der Waals surface area (Å²) < 4.78 is 31.4. The van der Waals surface area contributed by atoms with E-state index in [0.29, 0.717) is 16.9 Å². The molecule has 3 rings (SSSR count). The lowest BCUT2D eigenvalue weighted by atomic mass is 10.2. The highest BCUT2D eigenvalue weighted by Gasteiger charge is 2.12. The molecule has 8 heteroatoms. The van der Waals surface area contributed by atoms with Crippen LogP contribution in [0.3, 0.4) is 0 Å². The van der Waals surface area contributed by atoms with Crippen LogP contribution in [0.15, 0.2) is 47.0 Å². The van der Waals surface area contributed by atoms with Crippen LogP contribution in [-0.2, 0) is 11.2 Å². The summed E-state index contributed by atoms with van der Waals surface area (Å²) in [7, 11) is 0. The number of aromatic nitrogens is 2. The molecule has 1 amide bonds. The molecule has 2 aromatic carbocycles. The first-order valence-corrected chi connectivity index (χ1v) is 7.72. The van der Waals surface area contributed by atoms with Crippen LogP contribution in [-0.4, -0.2) is 16.0 Å². The van der Waals surface area contributed by atoms with Crippen molar-refractivity contribution in [3.8, 4) is 11.4 Å². The zero-order valence-corrected chi connectivity index (χ0v) is 13.6. The molecule has 128 valence electrons. The molecular formula is C17H12ClF2N3O2. The zero-order valence-electron chi connectivity index (χ0n) is 12.8. The maximum Gasteiger partial charge on any atom is 0.227 e. The third-order valence-corrected chi connectivity index (χ3v) is 3.59. The average Bonchev–Trinajstić information content (AvgIpc) is 3.05. The van der Waals surface area contributed by atoms with Crippen molar-refractivity contribution in [3.63, 3.8) is 0 Å². The van der Waals surface area contributed by atoms with E-state index in [1.165, 1.54) is 0 Å². The highest BCUT2D eigenvalue weighted by molar-refractivity contribution is 6.30. The van der Waals surface area contributed by atoms with Crippen molar-refractivity contribution < 1.29 is 18.1 Å². The fraction of sp³-hybridized carbons (Fsp3) is 0.118. The van der Waals surface area contributed by atoms with Crippen LogP contribution in [0.1, 0.15) is 12.3 Å². The van der Waals surface area contributed by atoms with Crippen molar-refractivity contribution in [1.82, 2.24) is 10.1 Å². The quantitative estimate of drug-likeness (QED) is 0.736. The fourth-order valence-corrected chi connectivity index (χ4v) is 2.22. The molecule has 5 nitrogen and oxygen atoms in total. The van der Waals surface area contributed by atoms with E-state index in [1.807, 2.05) is 0 Å². The summed E-state index contributed by atoms with van der Waals surface area (Å²) in [5.74, 6) is -1.33. The molecule has 0 spiro atoms.